The summed E-state index contributed by atoms with van der Waals surface area (Å²) in [6.45, 7) is 2.51. The highest BCUT2D eigenvalue weighted by Gasteiger charge is 2.27. The molecule has 27 heavy (non-hydrogen) atoms. The van der Waals surface area contributed by atoms with Crippen molar-refractivity contribution in [3.8, 4) is 0 Å². The number of urea groups is 1. The smallest absolute Gasteiger partial charge is 0.338 e. The Morgan fingerprint density at radius 2 is 1.74 bits per heavy atom. The predicted molar refractivity (Wildman–Crippen MR) is 93.5 cm³/mol. The lowest BCUT2D eigenvalue weighted by molar-refractivity contribution is -0.127. The molecule has 2 N–H and O–H groups in total. The normalized spacial score (nSPS) is 16.2. The third kappa shape index (κ3) is 5.25. The van der Waals surface area contributed by atoms with Crippen LogP contribution in [0.3, 0.4) is 0 Å². The van der Waals surface area contributed by atoms with Crippen molar-refractivity contribution in [2.75, 3.05) is 33.4 Å². The molecule has 2 rings (SSSR count). The first-order valence-electron chi connectivity index (χ1n) is 8.17. The monoisotopic (exact) mass is 399 g/mol. The minimum atomic E-state index is -3.66. The first-order valence-corrected chi connectivity index (χ1v) is 9.61. The molecule has 10 nitrogen and oxygen atoms in total. The van der Waals surface area contributed by atoms with Crippen molar-refractivity contribution in [1.82, 2.24) is 14.9 Å². The molecule has 0 radical (unpaired) electrons. The number of morpholine rings is 1. The van der Waals surface area contributed by atoms with Crippen LogP contribution in [-0.2, 0) is 24.3 Å². The van der Waals surface area contributed by atoms with E-state index in [1.54, 1.807) is 0 Å². The predicted octanol–water partition coefficient (Wildman–Crippen LogP) is -0.292. The molecule has 0 saturated carbocycles. The average Bonchev–Trinajstić information content (AvgIpc) is 2.68. The Hall–Kier alpha value is -2.50. The van der Waals surface area contributed by atoms with Gasteiger partial charge in [0.2, 0.25) is 10.0 Å². The molecule has 1 heterocycles. The van der Waals surface area contributed by atoms with E-state index in [2.05, 4.69) is 5.32 Å². The SMILES string of the molecule is CNC(=O)NC(=O)C(C)OC(=O)c1ccc(S(=O)(=O)N2CCOCC2)cc1. The number of benzene rings is 1. The summed E-state index contributed by atoms with van der Waals surface area (Å²) < 4.78 is 36.5. The van der Waals surface area contributed by atoms with Crippen LogP contribution in [0.15, 0.2) is 29.2 Å². The molecule has 0 spiro atoms. The minimum Gasteiger partial charge on any atom is -0.449 e. The first kappa shape index (κ1) is 20.8. The van der Waals surface area contributed by atoms with Gasteiger partial charge in [-0.2, -0.15) is 4.31 Å². The largest absolute Gasteiger partial charge is 0.449 e. The van der Waals surface area contributed by atoms with Gasteiger partial charge in [0.1, 0.15) is 0 Å². The molecule has 148 valence electrons. The molecule has 1 atom stereocenters. The third-order valence-electron chi connectivity index (χ3n) is 3.81. The number of ether oxygens (including phenoxy) is 2. The second kappa shape index (κ2) is 8.93. The molecule has 3 amide bonds. The van der Waals surface area contributed by atoms with Crippen LogP contribution < -0.4 is 10.6 Å². The zero-order valence-corrected chi connectivity index (χ0v) is 15.7. The Morgan fingerprint density at radius 3 is 2.30 bits per heavy atom. The Morgan fingerprint density at radius 1 is 1.15 bits per heavy atom. The van der Waals surface area contributed by atoms with Gasteiger partial charge in [-0.15, -0.1) is 0 Å². The number of nitrogens with zero attached hydrogens (tertiary/aromatic N) is 1. The van der Waals surface area contributed by atoms with Crippen LogP contribution >= 0.6 is 0 Å². The molecule has 1 saturated heterocycles. The Balaban J connectivity index is 2.02. The molecular weight excluding hydrogens is 378 g/mol. The zero-order chi connectivity index (χ0) is 20.0. The summed E-state index contributed by atoms with van der Waals surface area (Å²) in [5, 5.41) is 4.19. The second-order valence-electron chi connectivity index (χ2n) is 5.66. The Bertz CT molecular complexity index is 802. The number of imide groups is 1. The van der Waals surface area contributed by atoms with Crippen molar-refractivity contribution in [2.45, 2.75) is 17.9 Å². The number of rotatable bonds is 5. The highest BCUT2D eigenvalue weighted by molar-refractivity contribution is 7.89. The molecule has 0 aliphatic carbocycles. The van der Waals surface area contributed by atoms with Crippen LogP contribution in [0, 0.1) is 0 Å². The zero-order valence-electron chi connectivity index (χ0n) is 14.9. The number of amides is 3. The van der Waals surface area contributed by atoms with Crippen molar-refractivity contribution in [2.24, 2.45) is 0 Å². The number of esters is 1. The van der Waals surface area contributed by atoms with Gasteiger partial charge in [0, 0.05) is 20.1 Å². The molecule has 1 aliphatic heterocycles. The average molecular weight is 399 g/mol. The van der Waals surface area contributed by atoms with E-state index in [4.69, 9.17) is 9.47 Å². The lowest BCUT2D eigenvalue weighted by Gasteiger charge is -2.26. The van der Waals surface area contributed by atoms with Crippen molar-refractivity contribution in [3.63, 3.8) is 0 Å². The second-order valence-corrected chi connectivity index (χ2v) is 7.59. The lowest BCUT2D eigenvalue weighted by atomic mass is 10.2. The fourth-order valence-corrected chi connectivity index (χ4v) is 3.67. The number of carbonyl (C=O) groups excluding carboxylic acids is 3. The van der Waals surface area contributed by atoms with E-state index in [-0.39, 0.29) is 23.5 Å². The summed E-state index contributed by atoms with van der Waals surface area (Å²) in [6.07, 6.45) is -1.20. The number of sulfonamides is 1. The van der Waals surface area contributed by atoms with Crippen molar-refractivity contribution in [3.05, 3.63) is 29.8 Å². The summed E-state index contributed by atoms with van der Waals surface area (Å²) in [7, 11) is -2.33. The summed E-state index contributed by atoms with van der Waals surface area (Å²) in [4.78, 5) is 34.9. The number of hydrogen-bond acceptors (Lipinski definition) is 7. The quantitative estimate of drug-likeness (QED) is 0.650. The number of hydrogen-bond donors (Lipinski definition) is 2. The van der Waals surface area contributed by atoms with E-state index < -0.39 is 34.0 Å². The molecule has 1 fully saturated rings. The van der Waals surface area contributed by atoms with Gasteiger partial charge in [-0.1, -0.05) is 0 Å². The van der Waals surface area contributed by atoms with Crippen LogP contribution in [0.1, 0.15) is 17.3 Å². The summed E-state index contributed by atoms with van der Waals surface area (Å²) in [5.74, 6) is -1.60. The van der Waals surface area contributed by atoms with E-state index >= 15 is 0 Å². The lowest BCUT2D eigenvalue weighted by Crippen LogP contribution is -2.43. The summed E-state index contributed by atoms with van der Waals surface area (Å²) in [6, 6.07) is 4.49. The van der Waals surface area contributed by atoms with Crippen molar-refractivity contribution in [1.29, 1.82) is 0 Å². The molecule has 0 aromatic heterocycles. The molecule has 1 aromatic carbocycles. The van der Waals surface area contributed by atoms with E-state index in [0.29, 0.717) is 13.2 Å². The van der Waals surface area contributed by atoms with Crippen LogP contribution in [0.5, 0.6) is 0 Å². The third-order valence-corrected chi connectivity index (χ3v) is 5.73. The van der Waals surface area contributed by atoms with E-state index in [9.17, 15) is 22.8 Å². The Kier molecular flexibility index (Phi) is 6.88. The van der Waals surface area contributed by atoms with Crippen LogP contribution in [0.4, 0.5) is 4.79 Å². The standard InChI is InChI=1S/C16H21N3O7S/c1-11(14(20)18-16(22)17-2)26-15(21)12-3-5-13(6-4-12)27(23,24)19-7-9-25-10-8-19/h3-6,11H,7-10H2,1-2H3,(H2,17,18,20,22). The van der Waals surface area contributed by atoms with Gasteiger partial charge in [-0.05, 0) is 31.2 Å². The summed E-state index contributed by atoms with van der Waals surface area (Å²) in [5.41, 5.74) is 0.0792. The van der Waals surface area contributed by atoms with E-state index in [1.165, 1.54) is 42.5 Å². The van der Waals surface area contributed by atoms with Gasteiger partial charge < -0.3 is 14.8 Å². The van der Waals surface area contributed by atoms with Gasteiger partial charge in [0.25, 0.3) is 5.91 Å². The molecule has 11 heteroatoms. The number of nitrogens with one attached hydrogen (secondary N) is 2. The van der Waals surface area contributed by atoms with E-state index in [0.717, 1.165) is 0 Å². The van der Waals surface area contributed by atoms with Gasteiger partial charge in [-0.25, -0.2) is 18.0 Å². The molecule has 1 aliphatic rings. The Labute approximate surface area is 156 Å². The van der Waals surface area contributed by atoms with Gasteiger partial charge in [-0.3, -0.25) is 10.1 Å². The van der Waals surface area contributed by atoms with E-state index in [1.807, 2.05) is 5.32 Å². The highest BCUT2D eigenvalue weighted by Crippen LogP contribution is 2.18. The van der Waals surface area contributed by atoms with Crippen LogP contribution in [0.25, 0.3) is 0 Å². The van der Waals surface area contributed by atoms with Crippen molar-refractivity contribution >= 4 is 27.9 Å². The fourth-order valence-electron chi connectivity index (χ4n) is 2.26. The van der Waals surface area contributed by atoms with Gasteiger partial charge in [0.15, 0.2) is 6.10 Å². The maximum Gasteiger partial charge on any atom is 0.338 e. The van der Waals surface area contributed by atoms with Gasteiger partial charge >= 0.3 is 12.0 Å². The molecule has 0 bridgehead atoms. The fraction of sp³-hybridized carbons (Fsp3) is 0.438. The topological polar surface area (TPSA) is 131 Å². The van der Waals surface area contributed by atoms with Crippen molar-refractivity contribution < 1.29 is 32.3 Å². The minimum absolute atomic E-state index is 0.0476. The first-order chi connectivity index (χ1) is 12.8. The molecule has 1 unspecified atom stereocenters. The highest BCUT2D eigenvalue weighted by atomic mass is 32.2. The van der Waals surface area contributed by atoms with Crippen LogP contribution in [0.2, 0.25) is 0 Å². The number of carbonyl (C=O) groups is 3. The molecular formula is C16H21N3O7S. The maximum absolute atomic E-state index is 12.5. The summed E-state index contributed by atoms with van der Waals surface area (Å²) >= 11 is 0. The van der Waals surface area contributed by atoms with Crippen LogP contribution in [-0.4, -0.2) is 70.1 Å². The maximum atomic E-state index is 12.5. The molecule has 1 aromatic rings. The van der Waals surface area contributed by atoms with Gasteiger partial charge in [0.05, 0.1) is 23.7 Å².